The number of rotatable bonds is 5. The van der Waals surface area contributed by atoms with Gasteiger partial charge in [-0.05, 0) is 43.7 Å². The van der Waals surface area contributed by atoms with Crippen molar-refractivity contribution in [2.24, 2.45) is 0 Å². The summed E-state index contributed by atoms with van der Waals surface area (Å²) in [6.07, 6.45) is 1.26. The Morgan fingerprint density at radius 1 is 1.07 bits per heavy atom. The van der Waals surface area contributed by atoms with Gasteiger partial charge in [0.15, 0.2) is 5.43 Å². The van der Waals surface area contributed by atoms with Crippen molar-refractivity contribution in [3.8, 4) is 5.69 Å². The molecule has 0 saturated carbocycles. The largest absolute Gasteiger partial charge is 0.322 e. The third-order valence-corrected chi connectivity index (χ3v) is 4.31. The SMILES string of the molecule is CCCc1c(C(=O)Nc2ccccc2)c(=O)cc(C)n1-c1cccc(F)c1. The minimum Gasteiger partial charge on any atom is -0.322 e. The van der Waals surface area contributed by atoms with E-state index in [1.165, 1.54) is 18.2 Å². The number of benzene rings is 2. The van der Waals surface area contributed by atoms with Crippen LogP contribution < -0.4 is 10.7 Å². The van der Waals surface area contributed by atoms with Gasteiger partial charge in [0.2, 0.25) is 0 Å². The lowest BCUT2D eigenvalue weighted by Gasteiger charge is -2.20. The van der Waals surface area contributed by atoms with Gasteiger partial charge in [-0.25, -0.2) is 4.39 Å². The molecule has 0 bridgehead atoms. The van der Waals surface area contributed by atoms with Gasteiger partial charge in [0.1, 0.15) is 11.4 Å². The van der Waals surface area contributed by atoms with Gasteiger partial charge in [-0.1, -0.05) is 37.6 Å². The van der Waals surface area contributed by atoms with Crippen molar-refractivity contribution in [2.75, 3.05) is 5.32 Å². The number of amides is 1. The summed E-state index contributed by atoms with van der Waals surface area (Å²) in [5, 5.41) is 2.78. The van der Waals surface area contributed by atoms with Crippen LogP contribution in [-0.2, 0) is 6.42 Å². The van der Waals surface area contributed by atoms with Crippen LogP contribution in [0, 0.1) is 12.7 Å². The second-order valence-corrected chi connectivity index (χ2v) is 6.36. The number of hydrogen-bond acceptors (Lipinski definition) is 2. The number of aryl methyl sites for hydroxylation is 1. The van der Waals surface area contributed by atoms with Crippen molar-refractivity contribution in [3.63, 3.8) is 0 Å². The molecule has 1 amide bonds. The van der Waals surface area contributed by atoms with E-state index in [9.17, 15) is 14.0 Å². The Bertz CT molecular complexity index is 1030. The topological polar surface area (TPSA) is 51.1 Å². The summed E-state index contributed by atoms with van der Waals surface area (Å²) in [5.74, 6) is -0.830. The molecule has 0 aliphatic heterocycles. The number of carbonyl (C=O) groups is 1. The lowest BCUT2D eigenvalue weighted by Crippen LogP contribution is -2.28. The molecule has 0 aliphatic rings. The Morgan fingerprint density at radius 3 is 2.48 bits per heavy atom. The van der Waals surface area contributed by atoms with E-state index < -0.39 is 5.91 Å². The lowest BCUT2D eigenvalue weighted by atomic mass is 10.1. The highest BCUT2D eigenvalue weighted by Crippen LogP contribution is 2.20. The Hall–Kier alpha value is -3.21. The predicted octanol–water partition coefficient (Wildman–Crippen LogP) is 4.49. The molecular weight excluding hydrogens is 343 g/mol. The van der Waals surface area contributed by atoms with Crippen molar-refractivity contribution < 1.29 is 9.18 Å². The van der Waals surface area contributed by atoms with Crippen LogP contribution in [0.3, 0.4) is 0 Å². The summed E-state index contributed by atoms with van der Waals surface area (Å²) in [6, 6.07) is 16.5. The first kappa shape index (κ1) is 18.6. The summed E-state index contributed by atoms with van der Waals surface area (Å²) in [5.41, 5.74) is 2.20. The molecule has 0 atom stereocenters. The van der Waals surface area contributed by atoms with E-state index in [4.69, 9.17) is 0 Å². The first-order valence-corrected chi connectivity index (χ1v) is 8.89. The fourth-order valence-electron chi connectivity index (χ4n) is 3.20. The summed E-state index contributed by atoms with van der Waals surface area (Å²) in [4.78, 5) is 25.6. The molecule has 3 aromatic rings. The highest BCUT2D eigenvalue weighted by Gasteiger charge is 2.21. The molecule has 0 unspecified atom stereocenters. The third-order valence-electron chi connectivity index (χ3n) is 4.31. The maximum absolute atomic E-state index is 13.8. The average Bonchev–Trinajstić information content (AvgIpc) is 2.62. The smallest absolute Gasteiger partial charge is 0.261 e. The lowest BCUT2D eigenvalue weighted by molar-refractivity contribution is 0.102. The molecule has 0 fully saturated rings. The van der Waals surface area contributed by atoms with Crippen LogP contribution in [0.4, 0.5) is 10.1 Å². The van der Waals surface area contributed by atoms with Crippen molar-refractivity contribution >= 4 is 11.6 Å². The van der Waals surface area contributed by atoms with E-state index in [1.54, 1.807) is 35.8 Å². The zero-order valence-corrected chi connectivity index (χ0v) is 15.3. The number of anilines is 1. The first-order chi connectivity index (χ1) is 13.0. The monoisotopic (exact) mass is 364 g/mol. The third kappa shape index (κ3) is 3.97. The molecule has 0 aliphatic carbocycles. The maximum atomic E-state index is 13.8. The van der Waals surface area contributed by atoms with Crippen LogP contribution in [0.5, 0.6) is 0 Å². The minimum absolute atomic E-state index is 0.0931. The van der Waals surface area contributed by atoms with Gasteiger partial charge in [0.25, 0.3) is 5.91 Å². The number of halogens is 1. The Kier molecular flexibility index (Phi) is 5.50. The van der Waals surface area contributed by atoms with E-state index in [-0.39, 0.29) is 16.8 Å². The summed E-state index contributed by atoms with van der Waals surface area (Å²) < 4.78 is 15.6. The molecule has 0 spiro atoms. The number of aromatic nitrogens is 1. The van der Waals surface area contributed by atoms with Gasteiger partial charge in [-0.3, -0.25) is 9.59 Å². The van der Waals surface area contributed by atoms with Crippen LogP contribution in [0.25, 0.3) is 5.69 Å². The van der Waals surface area contributed by atoms with Crippen LogP contribution in [0.15, 0.2) is 65.5 Å². The molecule has 1 N–H and O–H groups in total. The van der Waals surface area contributed by atoms with Crippen molar-refractivity contribution in [2.45, 2.75) is 26.7 Å². The standard InChI is InChI=1S/C22H21FN2O2/c1-3-8-19-21(22(27)24-17-10-5-4-6-11-17)20(26)13-15(2)25(19)18-12-7-9-16(23)14-18/h4-7,9-14H,3,8H2,1-2H3,(H,24,27). The fourth-order valence-corrected chi connectivity index (χ4v) is 3.20. The number of hydrogen-bond donors (Lipinski definition) is 1. The van der Waals surface area contributed by atoms with Gasteiger partial charge in [0, 0.05) is 28.8 Å². The number of pyridine rings is 1. The number of nitrogens with one attached hydrogen (secondary N) is 1. The van der Waals surface area contributed by atoms with Crippen molar-refractivity contribution in [1.29, 1.82) is 0 Å². The summed E-state index contributed by atoms with van der Waals surface area (Å²) >= 11 is 0. The maximum Gasteiger partial charge on any atom is 0.261 e. The number of para-hydroxylation sites is 1. The molecule has 138 valence electrons. The van der Waals surface area contributed by atoms with Crippen LogP contribution >= 0.6 is 0 Å². The fraction of sp³-hybridized carbons (Fsp3) is 0.182. The number of nitrogens with zero attached hydrogens (tertiary/aromatic N) is 1. The molecule has 1 aromatic heterocycles. The molecule has 0 radical (unpaired) electrons. The molecule has 5 heteroatoms. The highest BCUT2D eigenvalue weighted by atomic mass is 19.1. The van der Waals surface area contributed by atoms with Gasteiger partial charge in [-0.15, -0.1) is 0 Å². The van der Waals surface area contributed by atoms with Crippen molar-refractivity contribution in [3.05, 3.63) is 93.7 Å². The number of carbonyl (C=O) groups excluding carboxylic acids is 1. The van der Waals surface area contributed by atoms with Crippen LogP contribution in [0.1, 0.15) is 35.1 Å². The summed E-state index contributed by atoms with van der Waals surface area (Å²) in [7, 11) is 0. The second kappa shape index (κ2) is 7.99. The first-order valence-electron chi connectivity index (χ1n) is 8.89. The Balaban J connectivity index is 2.17. The average molecular weight is 364 g/mol. The van der Waals surface area contributed by atoms with Gasteiger partial charge in [0.05, 0.1) is 0 Å². The quantitative estimate of drug-likeness (QED) is 0.725. The predicted molar refractivity (Wildman–Crippen MR) is 105 cm³/mol. The Labute approximate surface area is 157 Å². The Morgan fingerprint density at radius 2 is 1.81 bits per heavy atom. The minimum atomic E-state index is -0.459. The van der Waals surface area contributed by atoms with E-state index >= 15 is 0 Å². The zero-order chi connectivity index (χ0) is 19.4. The normalized spacial score (nSPS) is 10.6. The molecule has 2 aromatic carbocycles. The van der Waals surface area contributed by atoms with E-state index in [0.717, 1.165) is 6.42 Å². The van der Waals surface area contributed by atoms with E-state index in [1.807, 2.05) is 25.1 Å². The van der Waals surface area contributed by atoms with Crippen LogP contribution in [-0.4, -0.2) is 10.5 Å². The van der Waals surface area contributed by atoms with Gasteiger partial charge >= 0.3 is 0 Å². The van der Waals surface area contributed by atoms with Crippen molar-refractivity contribution in [1.82, 2.24) is 4.57 Å². The molecule has 0 saturated heterocycles. The zero-order valence-electron chi connectivity index (χ0n) is 15.3. The highest BCUT2D eigenvalue weighted by molar-refractivity contribution is 6.05. The molecule has 3 rings (SSSR count). The molecule has 1 heterocycles. The van der Waals surface area contributed by atoms with Crippen LogP contribution in [0.2, 0.25) is 0 Å². The molecule has 4 nitrogen and oxygen atoms in total. The second-order valence-electron chi connectivity index (χ2n) is 6.36. The summed E-state index contributed by atoms with van der Waals surface area (Å²) in [6.45, 7) is 3.76. The van der Waals surface area contributed by atoms with Gasteiger partial charge < -0.3 is 9.88 Å². The van der Waals surface area contributed by atoms with E-state index in [2.05, 4.69) is 5.32 Å². The molecular formula is C22H21FN2O2. The van der Waals surface area contributed by atoms with Gasteiger partial charge in [-0.2, -0.15) is 0 Å². The van der Waals surface area contributed by atoms with E-state index in [0.29, 0.717) is 29.2 Å². The molecule has 27 heavy (non-hydrogen) atoms.